The maximum atomic E-state index is 12.2. The van der Waals surface area contributed by atoms with Gasteiger partial charge in [-0.2, -0.15) is 0 Å². The molecular formula is C23H15O4-. The van der Waals surface area contributed by atoms with Gasteiger partial charge in [-0.1, -0.05) is 60.7 Å². The van der Waals surface area contributed by atoms with Gasteiger partial charge in [-0.25, -0.2) is 0 Å². The lowest BCUT2D eigenvalue weighted by molar-refractivity contribution is -0.299. The van der Waals surface area contributed by atoms with Crippen molar-refractivity contribution in [3.8, 4) is 11.5 Å². The van der Waals surface area contributed by atoms with E-state index >= 15 is 0 Å². The molecule has 1 atom stereocenters. The van der Waals surface area contributed by atoms with E-state index in [0.717, 1.165) is 22.3 Å². The van der Waals surface area contributed by atoms with E-state index < -0.39 is 11.9 Å². The molecule has 0 fully saturated rings. The fourth-order valence-electron chi connectivity index (χ4n) is 4.00. The predicted molar refractivity (Wildman–Crippen MR) is 98.3 cm³/mol. The summed E-state index contributed by atoms with van der Waals surface area (Å²) in [5, 5.41) is 12.2. The number of benzene rings is 3. The molecule has 2 aliphatic rings. The lowest BCUT2D eigenvalue weighted by Crippen LogP contribution is -2.27. The molecule has 4 heteroatoms. The summed E-state index contributed by atoms with van der Waals surface area (Å²) >= 11 is 0. The third-order valence-electron chi connectivity index (χ3n) is 5.11. The van der Waals surface area contributed by atoms with Crippen LogP contribution in [0.25, 0.3) is 5.57 Å². The Labute approximate surface area is 156 Å². The van der Waals surface area contributed by atoms with Crippen molar-refractivity contribution in [2.24, 2.45) is 0 Å². The van der Waals surface area contributed by atoms with Crippen LogP contribution in [0.2, 0.25) is 0 Å². The second-order valence-electron chi connectivity index (χ2n) is 6.58. The minimum Gasteiger partial charge on any atom is -0.545 e. The van der Waals surface area contributed by atoms with Gasteiger partial charge in [0.05, 0.1) is 5.97 Å². The molecule has 1 aliphatic heterocycles. The van der Waals surface area contributed by atoms with Gasteiger partial charge in [0.2, 0.25) is 6.79 Å². The Morgan fingerprint density at radius 3 is 2.44 bits per heavy atom. The molecule has 3 aromatic rings. The van der Waals surface area contributed by atoms with Crippen LogP contribution in [0.15, 0.2) is 78.4 Å². The quantitative estimate of drug-likeness (QED) is 0.724. The van der Waals surface area contributed by atoms with E-state index in [2.05, 4.69) is 0 Å². The summed E-state index contributed by atoms with van der Waals surface area (Å²) in [6.07, 6.45) is 0. The van der Waals surface area contributed by atoms with Gasteiger partial charge in [-0.05, 0) is 45.5 Å². The second kappa shape index (κ2) is 6.02. The number of carboxylic acid groups (broad SMARTS) is 1. The number of hydrogen-bond acceptors (Lipinski definition) is 4. The highest BCUT2D eigenvalue weighted by Crippen LogP contribution is 2.49. The van der Waals surface area contributed by atoms with Crippen molar-refractivity contribution >= 4 is 11.5 Å². The monoisotopic (exact) mass is 355 g/mol. The molecule has 0 aromatic heterocycles. The highest BCUT2D eigenvalue weighted by Gasteiger charge is 2.34. The lowest BCUT2D eigenvalue weighted by Gasteiger charge is -2.19. The molecule has 0 saturated carbocycles. The van der Waals surface area contributed by atoms with Crippen LogP contribution < -0.4 is 14.6 Å². The van der Waals surface area contributed by atoms with E-state index in [1.165, 1.54) is 0 Å². The molecule has 0 saturated heterocycles. The minimum atomic E-state index is -1.16. The molecule has 0 bridgehead atoms. The van der Waals surface area contributed by atoms with Crippen LogP contribution in [0.4, 0.5) is 0 Å². The van der Waals surface area contributed by atoms with Crippen LogP contribution in [0.3, 0.4) is 0 Å². The summed E-state index contributed by atoms with van der Waals surface area (Å²) in [5.74, 6) is -0.272. The summed E-state index contributed by atoms with van der Waals surface area (Å²) in [4.78, 5) is 12.2. The van der Waals surface area contributed by atoms with Gasteiger partial charge in [0.25, 0.3) is 0 Å². The number of carbonyl (C=O) groups is 1. The fraction of sp³-hybridized carbons (Fsp3) is 0.0870. The van der Waals surface area contributed by atoms with Crippen molar-refractivity contribution in [1.29, 1.82) is 0 Å². The number of ether oxygens (including phenoxy) is 2. The van der Waals surface area contributed by atoms with Crippen molar-refractivity contribution in [3.63, 3.8) is 0 Å². The van der Waals surface area contributed by atoms with Gasteiger partial charge in [-0.3, -0.25) is 0 Å². The lowest BCUT2D eigenvalue weighted by atomic mass is 9.88. The third kappa shape index (κ3) is 2.41. The molecule has 4 nitrogen and oxygen atoms in total. The minimum absolute atomic E-state index is 0.179. The Kier molecular flexibility index (Phi) is 3.50. The molecule has 3 aromatic carbocycles. The van der Waals surface area contributed by atoms with Crippen LogP contribution in [-0.2, 0) is 4.79 Å². The predicted octanol–water partition coefficient (Wildman–Crippen LogP) is 3.11. The van der Waals surface area contributed by atoms with Gasteiger partial charge in [-0.15, -0.1) is 0 Å². The van der Waals surface area contributed by atoms with Gasteiger partial charge in [0.1, 0.15) is 0 Å². The van der Waals surface area contributed by atoms with E-state index in [1.54, 1.807) is 0 Å². The van der Waals surface area contributed by atoms with Gasteiger partial charge in [0, 0.05) is 5.92 Å². The maximum Gasteiger partial charge on any atom is 0.231 e. The van der Waals surface area contributed by atoms with Crippen molar-refractivity contribution < 1.29 is 19.4 Å². The van der Waals surface area contributed by atoms with E-state index in [-0.39, 0.29) is 12.4 Å². The topological polar surface area (TPSA) is 58.6 Å². The van der Waals surface area contributed by atoms with Crippen LogP contribution in [0.1, 0.15) is 28.2 Å². The highest BCUT2D eigenvalue weighted by atomic mass is 16.7. The standard InChI is InChI=1S/C23H16O4/c24-23(25)22-20(14-6-2-1-3-7-14)16-8-4-5-9-17(16)21(22)15-10-11-18-19(12-15)27-13-26-18/h1-12,21H,13H2,(H,24,25)/p-1. The molecule has 0 N–H and O–H groups in total. The summed E-state index contributed by atoms with van der Waals surface area (Å²) < 4.78 is 10.9. The Bertz CT molecular complexity index is 1080. The molecule has 1 heterocycles. The average molecular weight is 355 g/mol. The van der Waals surface area contributed by atoms with Gasteiger partial charge < -0.3 is 19.4 Å². The van der Waals surface area contributed by atoms with Crippen molar-refractivity contribution in [1.82, 2.24) is 0 Å². The molecule has 1 unspecified atom stereocenters. The average Bonchev–Trinajstić information content (AvgIpc) is 3.30. The molecule has 0 spiro atoms. The van der Waals surface area contributed by atoms with E-state index in [0.29, 0.717) is 17.1 Å². The Balaban J connectivity index is 1.77. The third-order valence-corrected chi connectivity index (χ3v) is 5.11. The van der Waals surface area contributed by atoms with Gasteiger partial charge in [0.15, 0.2) is 11.5 Å². The number of carbonyl (C=O) groups excluding carboxylic acids is 1. The first-order valence-corrected chi connectivity index (χ1v) is 8.74. The number of fused-ring (bicyclic) bond motifs is 2. The largest absolute Gasteiger partial charge is 0.545 e. The molecule has 132 valence electrons. The van der Waals surface area contributed by atoms with E-state index in [4.69, 9.17) is 9.47 Å². The van der Waals surface area contributed by atoms with Crippen molar-refractivity contribution in [2.75, 3.05) is 6.79 Å². The maximum absolute atomic E-state index is 12.2. The van der Waals surface area contributed by atoms with Crippen LogP contribution in [0, 0.1) is 0 Å². The summed E-state index contributed by atoms with van der Waals surface area (Å²) in [5.41, 5.74) is 4.58. The number of carboxylic acids is 1. The zero-order valence-electron chi connectivity index (χ0n) is 14.3. The van der Waals surface area contributed by atoms with E-state index in [9.17, 15) is 9.90 Å². The SMILES string of the molecule is O=C([O-])C1=C(c2ccccc2)c2ccccc2C1c1ccc2c(c1)OCO2. The zero-order valence-corrected chi connectivity index (χ0v) is 14.3. The first-order chi connectivity index (χ1) is 13.2. The van der Waals surface area contributed by atoms with Gasteiger partial charge >= 0.3 is 0 Å². The number of hydrogen-bond donors (Lipinski definition) is 0. The van der Waals surface area contributed by atoms with E-state index in [1.807, 2.05) is 72.8 Å². The first kappa shape index (κ1) is 15.7. The summed E-state index contributed by atoms with van der Waals surface area (Å²) in [6.45, 7) is 0.179. The number of rotatable bonds is 3. The number of aliphatic carboxylic acids is 1. The van der Waals surface area contributed by atoms with Crippen molar-refractivity contribution in [2.45, 2.75) is 5.92 Å². The molecule has 1 aliphatic carbocycles. The molecule has 5 rings (SSSR count). The molecule has 0 radical (unpaired) electrons. The van der Waals surface area contributed by atoms with Crippen LogP contribution >= 0.6 is 0 Å². The second-order valence-corrected chi connectivity index (χ2v) is 6.58. The normalized spacial score (nSPS) is 17.1. The molecule has 0 amide bonds. The Morgan fingerprint density at radius 2 is 1.63 bits per heavy atom. The first-order valence-electron chi connectivity index (χ1n) is 8.74. The highest BCUT2D eigenvalue weighted by molar-refractivity contribution is 6.05. The summed E-state index contributed by atoms with van der Waals surface area (Å²) in [7, 11) is 0. The van der Waals surface area contributed by atoms with Crippen LogP contribution in [-0.4, -0.2) is 12.8 Å². The van der Waals surface area contributed by atoms with Crippen molar-refractivity contribution in [3.05, 3.63) is 101 Å². The van der Waals surface area contributed by atoms with Crippen LogP contribution in [0.5, 0.6) is 11.5 Å². The zero-order chi connectivity index (χ0) is 18.4. The fourth-order valence-corrected chi connectivity index (χ4v) is 4.00. The molecule has 27 heavy (non-hydrogen) atoms. The smallest absolute Gasteiger partial charge is 0.231 e. The Morgan fingerprint density at radius 1 is 0.889 bits per heavy atom. The summed E-state index contributed by atoms with van der Waals surface area (Å²) in [6, 6.07) is 23.0. The Hall–Kier alpha value is -3.53. The molecular weight excluding hydrogens is 340 g/mol.